The molecule has 7 heteroatoms. The van der Waals surface area contributed by atoms with Crippen LogP contribution in [-0.2, 0) is 14.3 Å². The Hall–Kier alpha value is -2.83. The van der Waals surface area contributed by atoms with E-state index in [1.807, 2.05) is 6.92 Å². The van der Waals surface area contributed by atoms with E-state index in [1.165, 1.54) is 0 Å². The lowest BCUT2D eigenvalue weighted by molar-refractivity contribution is -0.139. The predicted octanol–water partition coefficient (Wildman–Crippen LogP) is 1.75. The summed E-state index contributed by atoms with van der Waals surface area (Å²) in [6.07, 6.45) is 0.512. The summed E-state index contributed by atoms with van der Waals surface area (Å²) in [7, 11) is 0. The Kier molecular flexibility index (Phi) is 5.95. The molecule has 0 fully saturated rings. The van der Waals surface area contributed by atoms with Gasteiger partial charge in [-0.05, 0) is 25.5 Å². The second-order valence-electron chi connectivity index (χ2n) is 5.11. The van der Waals surface area contributed by atoms with Crippen molar-refractivity contribution in [3.63, 3.8) is 0 Å². The SMILES string of the molecule is CCOC(=O)C1=C(COC(=O)c2ccccc2)NC(=O)N[C@@H]1CC. The molecule has 1 atom stereocenters. The van der Waals surface area contributed by atoms with Crippen LogP contribution in [0.1, 0.15) is 30.6 Å². The minimum atomic E-state index is -0.539. The van der Waals surface area contributed by atoms with Gasteiger partial charge in [-0.2, -0.15) is 0 Å². The van der Waals surface area contributed by atoms with Gasteiger partial charge >= 0.3 is 18.0 Å². The average Bonchev–Trinajstić information content (AvgIpc) is 2.59. The normalized spacial score (nSPS) is 16.9. The van der Waals surface area contributed by atoms with Gasteiger partial charge < -0.3 is 20.1 Å². The van der Waals surface area contributed by atoms with E-state index >= 15 is 0 Å². The molecule has 7 nitrogen and oxygen atoms in total. The lowest BCUT2D eigenvalue weighted by atomic mass is 10.0. The van der Waals surface area contributed by atoms with Gasteiger partial charge in [-0.3, -0.25) is 0 Å². The van der Waals surface area contributed by atoms with E-state index in [1.54, 1.807) is 37.3 Å². The number of hydrogen-bond acceptors (Lipinski definition) is 5. The summed E-state index contributed by atoms with van der Waals surface area (Å²) in [4.78, 5) is 36.0. The molecule has 2 rings (SSSR count). The van der Waals surface area contributed by atoms with Crippen molar-refractivity contribution in [3.05, 3.63) is 47.2 Å². The molecule has 1 aromatic rings. The minimum absolute atomic E-state index is 0.212. The van der Waals surface area contributed by atoms with Gasteiger partial charge in [0.25, 0.3) is 0 Å². The summed E-state index contributed by atoms with van der Waals surface area (Å²) in [6, 6.07) is 7.55. The zero-order valence-corrected chi connectivity index (χ0v) is 13.6. The highest BCUT2D eigenvalue weighted by Crippen LogP contribution is 2.17. The molecule has 0 aliphatic carbocycles. The molecule has 0 radical (unpaired) electrons. The van der Waals surface area contributed by atoms with E-state index in [9.17, 15) is 14.4 Å². The lowest BCUT2D eigenvalue weighted by Gasteiger charge is -2.28. The van der Waals surface area contributed by atoms with Gasteiger partial charge in [0.2, 0.25) is 0 Å². The van der Waals surface area contributed by atoms with Crippen molar-refractivity contribution in [2.75, 3.05) is 13.2 Å². The summed E-state index contributed by atoms with van der Waals surface area (Å²) in [5, 5.41) is 5.18. The van der Waals surface area contributed by atoms with E-state index in [2.05, 4.69) is 10.6 Å². The number of urea groups is 1. The maximum absolute atomic E-state index is 12.2. The molecule has 0 unspecified atom stereocenters. The van der Waals surface area contributed by atoms with Crippen LogP contribution in [-0.4, -0.2) is 37.2 Å². The standard InChI is InChI=1S/C17H20N2O5/c1-3-12-14(16(21)23-4-2)13(19-17(22)18-12)10-24-15(20)11-8-6-5-7-9-11/h5-9,12H,3-4,10H2,1-2H3,(H2,18,19,22)/t12-/m1/s1. The summed E-state index contributed by atoms with van der Waals surface area (Å²) >= 11 is 0. The van der Waals surface area contributed by atoms with Crippen LogP contribution < -0.4 is 10.6 Å². The zero-order chi connectivity index (χ0) is 17.5. The number of amides is 2. The number of rotatable bonds is 6. The summed E-state index contributed by atoms with van der Waals surface area (Å²) in [5.74, 6) is -1.07. The fraction of sp³-hybridized carbons (Fsp3) is 0.353. The first-order valence-electron chi connectivity index (χ1n) is 7.76. The Morgan fingerprint density at radius 2 is 1.79 bits per heavy atom. The number of benzene rings is 1. The maximum atomic E-state index is 12.2. The number of carbonyl (C=O) groups is 3. The quantitative estimate of drug-likeness (QED) is 0.774. The van der Waals surface area contributed by atoms with Crippen molar-refractivity contribution < 1.29 is 23.9 Å². The Balaban J connectivity index is 2.19. The van der Waals surface area contributed by atoms with Crippen molar-refractivity contribution in [2.45, 2.75) is 26.3 Å². The Morgan fingerprint density at radius 1 is 1.08 bits per heavy atom. The lowest BCUT2D eigenvalue weighted by Crippen LogP contribution is -2.51. The highest BCUT2D eigenvalue weighted by Gasteiger charge is 2.32. The largest absolute Gasteiger partial charge is 0.463 e. The number of nitrogens with one attached hydrogen (secondary N) is 2. The second-order valence-corrected chi connectivity index (χ2v) is 5.11. The third-order valence-electron chi connectivity index (χ3n) is 3.50. The van der Waals surface area contributed by atoms with Gasteiger partial charge in [0.05, 0.1) is 29.5 Å². The fourth-order valence-corrected chi connectivity index (χ4v) is 2.37. The van der Waals surface area contributed by atoms with E-state index in [0.717, 1.165) is 0 Å². The highest BCUT2D eigenvalue weighted by atomic mass is 16.5. The van der Waals surface area contributed by atoms with E-state index in [-0.39, 0.29) is 24.5 Å². The van der Waals surface area contributed by atoms with Gasteiger partial charge in [-0.1, -0.05) is 25.1 Å². The molecule has 1 aliphatic rings. The molecule has 1 heterocycles. The smallest absolute Gasteiger partial charge is 0.338 e. The van der Waals surface area contributed by atoms with Gasteiger partial charge in [-0.15, -0.1) is 0 Å². The molecule has 2 amide bonds. The molecule has 0 bridgehead atoms. The number of ether oxygens (including phenoxy) is 2. The highest BCUT2D eigenvalue weighted by molar-refractivity contribution is 5.95. The van der Waals surface area contributed by atoms with E-state index in [4.69, 9.17) is 9.47 Å². The number of esters is 2. The Morgan fingerprint density at radius 3 is 2.42 bits per heavy atom. The monoisotopic (exact) mass is 332 g/mol. The van der Waals surface area contributed by atoms with Crippen LogP contribution in [0.3, 0.4) is 0 Å². The molecule has 1 aromatic carbocycles. The van der Waals surface area contributed by atoms with Crippen LogP contribution in [0.5, 0.6) is 0 Å². The summed E-state index contributed by atoms with van der Waals surface area (Å²) in [5.41, 5.74) is 0.913. The van der Waals surface area contributed by atoms with E-state index in [0.29, 0.717) is 12.0 Å². The van der Waals surface area contributed by atoms with Crippen LogP contribution in [0, 0.1) is 0 Å². The topological polar surface area (TPSA) is 93.7 Å². The van der Waals surface area contributed by atoms with Crippen molar-refractivity contribution in [1.82, 2.24) is 10.6 Å². The molecule has 0 spiro atoms. The summed E-state index contributed by atoms with van der Waals surface area (Å²) < 4.78 is 10.3. The van der Waals surface area contributed by atoms with Crippen LogP contribution in [0.25, 0.3) is 0 Å². The van der Waals surface area contributed by atoms with Gasteiger partial charge in [0, 0.05) is 0 Å². The van der Waals surface area contributed by atoms with Crippen LogP contribution in [0.15, 0.2) is 41.6 Å². The molecular weight excluding hydrogens is 312 g/mol. The Labute approximate surface area is 140 Å². The third-order valence-corrected chi connectivity index (χ3v) is 3.50. The van der Waals surface area contributed by atoms with Crippen LogP contribution in [0.2, 0.25) is 0 Å². The number of carbonyl (C=O) groups excluding carboxylic acids is 3. The molecular formula is C17H20N2O5. The molecule has 1 aliphatic heterocycles. The molecule has 0 aromatic heterocycles. The minimum Gasteiger partial charge on any atom is -0.463 e. The zero-order valence-electron chi connectivity index (χ0n) is 13.6. The van der Waals surface area contributed by atoms with Crippen molar-refractivity contribution in [1.29, 1.82) is 0 Å². The molecule has 0 saturated carbocycles. The second kappa shape index (κ2) is 8.14. The number of hydrogen-bond donors (Lipinski definition) is 2. The first-order valence-corrected chi connectivity index (χ1v) is 7.76. The average molecular weight is 332 g/mol. The molecule has 24 heavy (non-hydrogen) atoms. The molecule has 2 N–H and O–H groups in total. The van der Waals surface area contributed by atoms with Gasteiger partial charge in [-0.25, -0.2) is 14.4 Å². The van der Waals surface area contributed by atoms with Crippen molar-refractivity contribution >= 4 is 18.0 Å². The van der Waals surface area contributed by atoms with Crippen molar-refractivity contribution in [3.8, 4) is 0 Å². The Bertz CT molecular complexity index is 654. The van der Waals surface area contributed by atoms with E-state index < -0.39 is 24.0 Å². The van der Waals surface area contributed by atoms with Crippen LogP contribution in [0.4, 0.5) is 4.79 Å². The molecule has 0 saturated heterocycles. The maximum Gasteiger partial charge on any atom is 0.338 e. The first kappa shape index (κ1) is 17.5. The molecule has 128 valence electrons. The first-order chi connectivity index (χ1) is 11.6. The van der Waals surface area contributed by atoms with Crippen molar-refractivity contribution in [2.24, 2.45) is 0 Å². The van der Waals surface area contributed by atoms with Gasteiger partial charge in [0.1, 0.15) is 6.61 Å². The fourth-order valence-electron chi connectivity index (χ4n) is 2.37. The van der Waals surface area contributed by atoms with Crippen LogP contribution >= 0.6 is 0 Å². The summed E-state index contributed by atoms with van der Waals surface area (Å²) in [6.45, 7) is 3.53. The predicted molar refractivity (Wildman–Crippen MR) is 86.1 cm³/mol. The third kappa shape index (κ3) is 4.13. The van der Waals surface area contributed by atoms with Gasteiger partial charge in [0.15, 0.2) is 0 Å².